The summed E-state index contributed by atoms with van der Waals surface area (Å²) in [5.41, 5.74) is 4.54. The predicted molar refractivity (Wildman–Crippen MR) is 109 cm³/mol. The van der Waals surface area contributed by atoms with Gasteiger partial charge in [-0.25, -0.2) is 4.98 Å². The van der Waals surface area contributed by atoms with Gasteiger partial charge in [-0.1, -0.05) is 31.2 Å². The Bertz CT molecular complexity index is 910. The van der Waals surface area contributed by atoms with Gasteiger partial charge in [0.05, 0.1) is 23.2 Å². The first-order valence-electron chi connectivity index (χ1n) is 9.03. The predicted octanol–water partition coefficient (Wildman–Crippen LogP) is 5.26. The lowest BCUT2D eigenvalue weighted by molar-refractivity contribution is -0.133. The first-order chi connectivity index (χ1) is 12.7. The molecule has 0 bridgehead atoms. The zero-order valence-corrected chi connectivity index (χ0v) is 16.7. The minimum absolute atomic E-state index is 0.228. The topological polar surface area (TPSA) is 33.2 Å². The van der Waals surface area contributed by atoms with E-state index >= 15 is 0 Å². The number of fused-ring (bicyclic) bond motifs is 1. The van der Waals surface area contributed by atoms with Crippen molar-refractivity contribution in [3.8, 4) is 11.3 Å². The van der Waals surface area contributed by atoms with Crippen molar-refractivity contribution in [3.05, 3.63) is 62.1 Å². The van der Waals surface area contributed by atoms with Crippen LogP contribution in [0, 0.1) is 6.92 Å². The van der Waals surface area contributed by atoms with Gasteiger partial charge < -0.3 is 4.90 Å². The summed E-state index contributed by atoms with van der Waals surface area (Å²) in [6.07, 6.45) is 2.42. The van der Waals surface area contributed by atoms with Crippen molar-refractivity contribution in [3.63, 3.8) is 0 Å². The van der Waals surface area contributed by atoms with E-state index in [-0.39, 0.29) is 11.9 Å². The number of amides is 1. The molecule has 0 spiro atoms. The number of benzene rings is 1. The summed E-state index contributed by atoms with van der Waals surface area (Å²) in [5, 5.41) is 5.30. The van der Waals surface area contributed by atoms with E-state index in [1.165, 1.54) is 10.4 Å². The molecule has 1 aliphatic rings. The maximum absolute atomic E-state index is 12.9. The number of thiazole rings is 1. The quantitative estimate of drug-likeness (QED) is 0.617. The summed E-state index contributed by atoms with van der Waals surface area (Å²) < 4.78 is 0. The summed E-state index contributed by atoms with van der Waals surface area (Å²) in [6, 6.07) is 10.7. The zero-order chi connectivity index (χ0) is 18.1. The first kappa shape index (κ1) is 17.4. The lowest BCUT2D eigenvalue weighted by atomic mass is 9.96. The molecule has 0 aliphatic carbocycles. The number of carbonyl (C=O) groups is 1. The molecule has 26 heavy (non-hydrogen) atoms. The third-order valence-corrected chi connectivity index (χ3v) is 6.80. The summed E-state index contributed by atoms with van der Waals surface area (Å²) in [7, 11) is 0. The fraction of sp³-hybridized carbons (Fsp3) is 0.333. The molecule has 1 aromatic carbocycles. The van der Waals surface area contributed by atoms with Gasteiger partial charge in [0, 0.05) is 22.4 Å². The van der Waals surface area contributed by atoms with Crippen LogP contribution in [0.1, 0.15) is 40.4 Å². The van der Waals surface area contributed by atoms with Crippen molar-refractivity contribution >= 4 is 28.6 Å². The highest BCUT2D eigenvalue weighted by Gasteiger charge is 2.30. The van der Waals surface area contributed by atoms with Crippen molar-refractivity contribution < 1.29 is 4.79 Å². The standard InChI is InChI=1S/C21H22N2OS2/c1-3-19-17-9-11-25-20(17)8-10-23(19)21(24)12-15-4-6-16(7-5-15)18-13-26-14(2)22-18/h4-7,9,11,13,19H,3,8,10,12H2,1-2H3. The second-order valence-corrected chi connectivity index (χ2v) is 8.75. The second-order valence-electron chi connectivity index (χ2n) is 6.69. The van der Waals surface area contributed by atoms with E-state index in [4.69, 9.17) is 0 Å². The Hall–Kier alpha value is -1.98. The van der Waals surface area contributed by atoms with Crippen LogP contribution >= 0.6 is 22.7 Å². The molecule has 1 aliphatic heterocycles. The van der Waals surface area contributed by atoms with Crippen molar-refractivity contribution in [1.29, 1.82) is 0 Å². The van der Waals surface area contributed by atoms with Crippen LogP contribution in [-0.4, -0.2) is 22.3 Å². The lowest BCUT2D eigenvalue weighted by Crippen LogP contribution is -2.40. The highest BCUT2D eigenvalue weighted by molar-refractivity contribution is 7.10. The molecular weight excluding hydrogens is 360 g/mol. The Balaban J connectivity index is 1.48. The average Bonchev–Trinajstić information content (AvgIpc) is 3.30. The molecule has 4 rings (SSSR count). The van der Waals surface area contributed by atoms with E-state index < -0.39 is 0 Å². The normalized spacial score (nSPS) is 16.5. The molecule has 134 valence electrons. The van der Waals surface area contributed by atoms with Crippen LogP contribution in [0.3, 0.4) is 0 Å². The highest BCUT2D eigenvalue weighted by atomic mass is 32.1. The molecule has 0 fully saturated rings. The van der Waals surface area contributed by atoms with Gasteiger partial charge in [-0.3, -0.25) is 4.79 Å². The van der Waals surface area contributed by atoms with Crippen molar-refractivity contribution in [2.75, 3.05) is 6.54 Å². The maximum atomic E-state index is 12.9. The van der Waals surface area contributed by atoms with E-state index in [1.807, 2.05) is 18.3 Å². The number of aryl methyl sites for hydroxylation is 1. The van der Waals surface area contributed by atoms with Gasteiger partial charge in [0.25, 0.3) is 0 Å². The van der Waals surface area contributed by atoms with Crippen LogP contribution in [0.4, 0.5) is 0 Å². The van der Waals surface area contributed by atoms with Gasteiger partial charge in [0.15, 0.2) is 0 Å². The summed E-state index contributed by atoms with van der Waals surface area (Å²) in [5.74, 6) is 0.228. The summed E-state index contributed by atoms with van der Waals surface area (Å²) in [6.45, 7) is 5.02. The molecule has 1 unspecified atom stereocenters. The Morgan fingerprint density at radius 3 is 2.73 bits per heavy atom. The van der Waals surface area contributed by atoms with Crippen molar-refractivity contribution in [2.45, 2.75) is 39.2 Å². The Kier molecular flexibility index (Phi) is 4.92. The van der Waals surface area contributed by atoms with E-state index in [1.54, 1.807) is 11.3 Å². The van der Waals surface area contributed by atoms with Gasteiger partial charge in [-0.15, -0.1) is 22.7 Å². The Labute approximate surface area is 162 Å². The zero-order valence-electron chi connectivity index (χ0n) is 15.1. The number of carbonyl (C=O) groups excluding carboxylic acids is 1. The Morgan fingerprint density at radius 2 is 2.04 bits per heavy atom. The molecule has 2 aromatic heterocycles. The number of hydrogen-bond donors (Lipinski definition) is 0. The average molecular weight is 383 g/mol. The van der Waals surface area contributed by atoms with Gasteiger partial charge in [0.1, 0.15) is 0 Å². The van der Waals surface area contributed by atoms with E-state index in [0.717, 1.165) is 41.2 Å². The van der Waals surface area contributed by atoms with E-state index in [9.17, 15) is 4.79 Å². The number of thiophene rings is 1. The van der Waals surface area contributed by atoms with Crippen molar-refractivity contribution in [1.82, 2.24) is 9.88 Å². The third-order valence-electron chi connectivity index (χ3n) is 5.03. The number of hydrogen-bond acceptors (Lipinski definition) is 4. The molecule has 0 saturated carbocycles. The molecule has 3 heterocycles. The lowest BCUT2D eigenvalue weighted by Gasteiger charge is -2.35. The van der Waals surface area contributed by atoms with E-state index in [0.29, 0.717) is 6.42 Å². The van der Waals surface area contributed by atoms with Crippen LogP contribution in [0.25, 0.3) is 11.3 Å². The van der Waals surface area contributed by atoms with Gasteiger partial charge in [-0.2, -0.15) is 0 Å². The van der Waals surface area contributed by atoms with Crippen LogP contribution in [0.5, 0.6) is 0 Å². The number of nitrogens with zero attached hydrogens (tertiary/aromatic N) is 2. The third kappa shape index (κ3) is 3.33. The van der Waals surface area contributed by atoms with Gasteiger partial charge in [-0.05, 0) is 42.3 Å². The minimum atomic E-state index is 0.228. The van der Waals surface area contributed by atoms with Crippen LogP contribution in [0.2, 0.25) is 0 Å². The molecule has 5 heteroatoms. The molecular formula is C21H22N2OS2. The molecule has 1 amide bonds. The molecule has 0 radical (unpaired) electrons. The molecule has 0 N–H and O–H groups in total. The van der Waals surface area contributed by atoms with Gasteiger partial charge >= 0.3 is 0 Å². The number of aromatic nitrogens is 1. The molecule has 1 atom stereocenters. The molecule has 3 aromatic rings. The van der Waals surface area contributed by atoms with E-state index in [2.05, 4.69) is 57.9 Å². The SMILES string of the molecule is CCC1c2ccsc2CCN1C(=O)Cc1ccc(-c2csc(C)n2)cc1. The van der Waals surface area contributed by atoms with Crippen LogP contribution in [-0.2, 0) is 17.6 Å². The van der Waals surface area contributed by atoms with Crippen LogP contribution < -0.4 is 0 Å². The van der Waals surface area contributed by atoms with Crippen LogP contribution in [0.15, 0.2) is 41.1 Å². The minimum Gasteiger partial charge on any atom is -0.335 e. The van der Waals surface area contributed by atoms with Gasteiger partial charge in [0.2, 0.25) is 5.91 Å². The molecule has 0 saturated heterocycles. The van der Waals surface area contributed by atoms with Crippen molar-refractivity contribution in [2.24, 2.45) is 0 Å². The summed E-state index contributed by atoms with van der Waals surface area (Å²) in [4.78, 5) is 21.0. The summed E-state index contributed by atoms with van der Waals surface area (Å²) >= 11 is 3.48. The fourth-order valence-electron chi connectivity index (χ4n) is 3.70. The second kappa shape index (κ2) is 7.33. The largest absolute Gasteiger partial charge is 0.335 e. The highest BCUT2D eigenvalue weighted by Crippen LogP contribution is 2.35. The first-order valence-corrected chi connectivity index (χ1v) is 10.8. The fourth-order valence-corrected chi connectivity index (χ4v) is 5.25. The number of rotatable bonds is 4. The maximum Gasteiger partial charge on any atom is 0.227 e. The monoisotopic (exact) mass is 382 g/mol. The Morgan fingerprint density at radius 1 is 1.23 bits per heavy atom. The molecule has 3 nitrogen and oxygen atoms in total. The smallest absolute Gasteiger partial charge is 0.227 e.